The summed E-state index contributed by atoms with van der Waals surface area (Å²) >= 11 is 5.77. The largest absolute Gasteiger partial charge is 0.308 e. The van der Waals surface area contributed by atoms with Crippen molar-refractivity contribution >= 4 is 11.6 Å². The molecule has 0 saturated carbocycles. The third kappa shape index (κ3) is 4.15. The Kier molecular flexibility index (Phi) is 4.82. The van der Waals surface area contributed by atoms with E-state index in [0.29, 0.717) is 5.88 Å². The summed E-state index contributed by atoms with van der Waals surface area (Å²) in [5.74, 6) is 0.701. The third-order valence-corrected chi connectivity index (χ3v) is 3.25. The predicted octanol–water partition coefficient (Wildman–Crippen LogP) is 3.80. The van der Waals surface area contributed by atoms with Crippen LogP contribution in [0.3, 0.4) is 0 Å². The Labute approximate surface area is 104 Å². The molecule has 0 bridgehead atoms. The second-order valence-electron chi connectivity index (χ2n) is 5.10. The lowest BCUT2D eigenvalue weighted by Gasteiger charge is -2.25. The first-order valence-corrected chi connectivity index (χ1v) is 6.35. The number of halogens is 1. The highest BCUT2D eigenvalue weighted by Gasteiger charge is 2.15. The van der Waals surface area contributed by atoms with Gasteiger partial charge in [-0.15, -0.1) is 11.6 Å². The van der Waals surface area contributed by atoms with Gasteiger partial charge in [-0.05, 0) is 50.8 Å². The fraction of sp³-hybridized carbons (Fsp3) is 0.571. The van der Waals surface area contributed by atoms with Crippen LogP contribution < -0.4 is 5.32 Å². The van der Waals surface area contributed by atoms with E-state index in [1.165, 1.54) is 16.7 Å². The molecule has 0 radical (unpaired) electrons. The van der Waals surface area contributed by atoms with E-state index < -0.39 is 0 Å². The molecule has 0 unspecified atom stereocenters. The van der Waals surface area contributed by atoms with Crippen molar-refractivity contribution in [1.29, 1.82) is 0 Å². The monoisotopic (exact) mass is 239 g/mol. The summed E-state index contributed by atoms with van der Waals surface area (Å²) < 4.78 is 0. The van der Waals surface area contributed by atoms with Crippen molar-refractivity contribution < 1.29 is 0 Å². The summed E-state index contributed by atoms with van der Waals surface area (Å²) in [6.07, 6.45) is 0.986. The number of aryl methyl sites for hydroxylation is 2. The molecule has 0 amide bonds. The number of benzene rings is 1. The summed E-state index contributed by atoms with van der Waals surface area (Å²) in [5, 5.41) is 3.54. The normalized spacial score (nSPS) is 11.8. The van der Waals surface area contributed by atoms with Gasteiger partial charge in [0.1, 0.15) is 0 Å². The molecule has 2 heteroatoms. The molecule has 0 saturated heterocycles. The SMILES string of the molecule is Cc1ccc(CNC(C)(C)CCCl)cc1C. The van der Waals surface area contributed by atoms with Crippen LogP contribution in [-0.2, 0) is 6.54 Å². The maximum atomic E-state index is 5.77. The molecule has 0 spiro atoms. The molecule has 1 aromatic carbocycles. The molecule has 90 valence electrons. The van der Waals surface area contributed by atoms with E-state index in [2.05, 4.69) is 51.2 Å². The lowest BCUT2D eigenvalue weighted by atomic mass is 10.0. The van der Waals surface area contributed by atoms with Crippen LogP contribution in [0.25, 0.3) is 0 Å². The van der Waals surface area contributed by atoms with E-state index in [9.17, 15) is 0 Å². The number of hydrogen-bond acceptors (Lipinski definition) is 1. The molecule has 0 aliphatic rings. The summed E-state index contributed by atoms with van der Waals surface area (Å²) in [6.45, 7) is 9.59. The molecule has 16 heavy (non-hydrogen) atoms. The number of rotatable bonds is 5. The highest BCUT2D eigenvalue weighted by atomic mass is 35.5. The Morgan fingerprint density at radius 2 is 1.88 bits per heavy atom. The van der Waals surface area contributed by atoms with Crippen LogP contribution in [0.5, 0.6) is 0 Å². The standard InChI is InChI=1S/C14H22ClN/c1-11-5-6-13(9-12(11)2)10-16-14(3,4)7-8-15/h5-6,9,16H,7-8,10H2,1-4H3. The van der Waals surface area contributed by atoms with Crippen molar-refractivity contribution in [3.8, 4) is 0 Å². The number of nitrogens with one attached hydrogen (secondary N) is 1. The van der Waals surface area contributed by atoms with Crippen molar-refractivity contribution in [1.82, 2.24) is 5.32 Å². The second kappa shape index (κ2) is 5.70. The van der Waals surface area contributed by atoms with Crippen molar-refractivity contribution in [2.75, 3.05) is 5.88 Å². The van der Waals surface area contributed by atoms with Gasteiger partial charge in [-0.25, -0.2) is 0 Å². The van der Waals surface area contributed by atoms with Gasteiger partial charge in [-0.2, -0.15) is 0 Å². The molecule has 1 N–H and O–H groups in total. The van der Waals surface area contributed by atoms with Crippen molar-refractivity contribution in [3.63, 3.8) is 0 Å². The van der Waals surface area contributed by atoms with Crippen LogP contribution in [0.15, 0.2) is 18.2 Å². The molecule has 1 aromatic rings. The smallest absolute Gasteiger partial charge is 0.0240 e. The van der Waals surface area contributed by atoms with Gasteiger partial charge in [-0.3, -0.25) is 0 Å². The summed E-state index contributed by atoms with van der Waals surface area (Å²) in [4.78, 5) is 0. The minimum atomic E-state index is 0.112. The van der Waals surface area contributed by atoms with E-state index in [-0.39, 0.29) is 5.54 Å². The zero-order chi connectivity index (χ0) is 12.2. The number of hydrogen-bond donors (Lipinski definition) is 1. The molecule has 1 nitrogen and oxygen atoms in total. The van der Waals surface area contributed by atoms with Crippen LogP contribution in [0, 0.1) is 13.8 Å². The Hall–Kier alpha value is -0.530. The Morgan fingerprint density at radius 3 is 2.44 bits per heavy atom. The summed E-state index contributed by atoms with van der Waals surface area (Å²) in [6, 6.07) is 6.62. The molecular formula is C14H22ClN. The first-order valence-electron chi connectivity index (χ1n) is 5.82. The molecular weight excluding hydrogens is 218 g/mol. The van der Waals surface area contributed by atoms with Gasteiger partial charge in [0.15, 0.2) is 0 Å². The Morgan fingerprint density at radius 1 is 1.19 bits per heavy atom. The van der Waals surface area contributed by atoms with Gasteiger partial charge in [-0.1, -0.05) is 18.2 Å². The first kappa shape index (κ1) is 13.5. The zero-order valence-corrected chi connectivity index (χ0v) is 11.5. The minimum Gasteiger partial charge on any atom is -0.308 e. The predicted molar refractivity (Wildman–Crippen MR) is 72.2 cm³/mol. The fourth-order valence-electron chi connectivity index (χ4n) is 1.58. The lowest BCUT2D eigenvalue weighted by molar-refractivity contribution is 0.376. The first-order chi connectivity index (χ1) is 7.44. The van der Waals surface area contributed by atoms with E-state index in [1.54, 1.807) is 0 Å². The van der Waals surface area contributed by atoms with Gasteiger partial charge in [0.25, 0.3) is 0 Å². The van der Waals surface area contributed by atoms with Gasteiger partial charge >= 0.3 is 0 Å². The maximum absolute atomic E-state index is 5.77. The highest BCUT2D eigenvalue weighted by molar-refractivity contribution is 6.17. The Balaban J connectivity index is 2.57. The molecule has 0 heterocycles. The van der Waals surface area contributed by atoms with Crippen molar-refractivity contribution in [2.45, 2.75) is 46.2 Å². The highest BCUT2D eigenvalue weighted by Crippen LogP contribution is 2.13. The summed E-state index contributed by atoms with van der Waals surface area (Å²) in [7, 11) is 0. The van der Waals surface area contributed by atoms with E-state index in [0.717, 1.165) is 13.0 Å². The van der Waals surface area contributed by atoms with Gasteiger partial charge in [0.05, 0.1) is 0 Å². The quantitative estimate of drug-likeness (QED) is 0.771. The molecule has 0 aromatic heterocycles. The van der Waals surface area contributed by atoms with Crippen LogP contribution in [-0.4, -0.2) is 11.4 Å². The maximum Gasteiger partial charge on any atom is 0.0240 e. The van der Waals surface area contributed by atoms with Crippen LogP contribution in [0.2, 0.25) is 0 Å². The molecule has 0 aliphatic carbocycles. The van der Waals surface area contributed by atoms with E-state index in [1.807, 2.05) is 0 Å². The zero-order valence-electron chi connectivity index (χ0n) is 10.7. The fourth-order valence-corrected chi connectivity index (χ4v) is 2.05. The Bertz CT molecular complexity index is 345. The topological polar surface area (TPSA) is 12.0 Å². The van der Waals surface area contributed by atoms with Crippen LogP contribution in [0.4, 0.5) is 0 Å². The van der Waals surface area contributed by atoms with E-state index in [4.69, 9.17) is 11.6 Å². The van der Waals surface area contributed by atoms with Gasteiger partial charge < -0.3 is 5.32 Å². The van der Waals surface area contributed by atoms with E-state index >= 15 is 0 Å². The molecule has 1 rings (SSSR count). The van der Waals surface area contributed by atoms with Gasteiger partial charge in [0.2, 0.25) is 0 Å². The average Bonchev–Trinajstić information content (AvgIpc) is 2.20. The van der Waals surface area contributed by atoms with Gasteiger partial charge in [0, 0.05) is 18.0 Å². The second-order valence-corrected chi connectivity index (χ2v) is 5.47. The molecule has 0 fully saturated rings. The van der Waals surface area contributed by atoms with Crippen LogP contribution in [0.1, 0.15) is 37.0 Å². The van der Waals surface area contributed by atoms with Crippen LogP contribution >= 0.6 is 11.6 Å². The molecule has 0 atom stereocenters. The average molecular weight is 240 g/mol. The van der Waals surface area contributed by atoms with Crippen molar-refractivity contribution in [2.24, 2.45) is 0 Å². The third-order valence-electron chi connectivity index (χ3n) is 3.06. The van der Waals surface area contributed by atoms with Crippen molar-refractivity contribution in [3.05, 3.63) is 34.9 Å². The number of alkyl halides is 1. The lowest BCUT2D eigenvalue weighted by Crippen LogP contribution is -2.39. The minimum absolute atomic E-state index is 0.112. The molecule has 0 aliphatic heterocycles. The summed E-state index contributed by atoms with van der Waals surface area (Å²) in [5.41, 5.74) is 4.16.